The Morgan fingerprint density at radius 2 is 1.69 bits per heavy atom. The molecule has 2 aromatic heterocycles. The van der Waals surface area contributed by atoms with Crippen LogP contribution in [0.25, 0.3) is 16.6 Å². The number of likely N-dealkylation sites (tertiary alicyclic amines) is 1. The molecule has 2 N–H and O–H groups in total. The van der Waals surface area contributed by atoms with Gasteiger partial charge in [0, 0.05) is 34.8 Å². The number of anilines is 2. The van der Waals surface area contributed by atoms with E-state index in [1.54, 1.807) is 12.1 Å². The van der Waals surface area contributed by atoms with Crippen LogP contribution in [0.2, 0.25) is 5.02 Å². The summed E-state index contributed by atoms with van der Waals surface area (Å²) in [5.74, 6) is 0. The van der Waals surface area contributed by atoms with Gasteiger partial charge in [-0.2, -0.15) is 13.2 Å². The second-order valence-electron chi connectivity index (χ2n) is 9.74. The first-order chi connectivity index (χ1) is 18.8. The largest absolute Gasteiger partial charge is 0.417 e. The van der Waals surface area contributed by atoms with Crippen molar-refractivity contribution in [2.45, 2.75) is 38.3 Å². The Morgan fingerprint density at radius 1 is 0.974 bits per heavy atom. The molecule has 2 aromatic carbocycles. The number of nitrogens with one attached hydrogen (secondary N) is 2. The number of rotatable bonds is 8. The minimum atomic E-state index is -4.62. The zero-order valence-electron chi connectivity index (χ0n) is 21.3. The third-order valence-electron chi connectivity index (χ3n) is 6.99. The molecule has 0 spiro atoms. The Hall–Kier alpha value is -3.56. The number of unbranched alkanes of at least 4 members (excludes halogenated alkanes) is 1. The number of hydrogen-bond acceptors (Lipinski definition) is 3. The molecule has 2 amide bonds. The Balaban J connectivity index is 1.24. The second kappa shape index (κ2) is 11.7. The van der Waals surface area contributed by atoms with E-state index < -0.39 is 22.8 Å². The van der Waals surface area contributed by atoms with Crippen molar-refractivity contribution in [1.82, 2.24) is 14.5 Å². The third kappa shape index (κ3) is 6.54. The van der Waals surface area contributed by atoms with Crippen LogP contribution in [0.5, 0.6) is 0 Å². The summed E-state index contributed by atoms with van der Waals surface area (Å²) in [7, 11) is 0. The number of aryl methyl sites for hydroxylation is 1. The molecular weight excluding hydrogens is 527 g/mol. The molecule has 3 heterocycles. The Morgan fingerprint density at radius 3 is 2.44 bits per heavy atom. The summed E-state index contributed by atoms with van der Waals surface area (Å²) >= 11 is 5.65. The molecule has 0 bridgehead atoms. The molecule has 0 saturated carbocycles. The van der Waals surface area contributed by atoms with Crippen LogP contribution in [-0.4, -0.2) is 40.1 Å². The van der Waals surface area contributed by atoms with E-state index in [-0.39, 0.29) is 5.69 Å². The van der Waals surface area contributed by atoms with Gasteiger partial charge in [0.15, 0.2) is 0 Å². The van der Waals surface area contributed by atoms with Gasteiger partial charge in [0.25, 0.3) is 0 Å². The SMILES string of the molecule is O=C(Nc1ccc(-n2cc(CCCCN3CCCC3)c3ccncc32)cc1)Nc1ccc(Cl)c(C(F)(F)F)c1. The fourth-order valence-electron chi connectivity index (χ4n) is 5.03. The van der Waals surface area contributed by atoms with Crippen LogP contribution in [0.15, 0.2) is 67.1 Å². The summed E-state index contributed by atoms with van der Waals surface area (Å²) < 4.78 is 41.4. The van der Waals surface area contributed by atoms with E-state index in [0.29, 0.717) is 5.69 Å². The van der Waals surface area contributed by atoms with Gasteiger partial charge in [-0.1, -0.05) is 11.6 Å². The van der Waals surface area contributed by atoms with Crippen molar-refractivity contribution < 1.29 is 18.0 Å². The van der Waals surface area contributed by atoms with E-state index in [0.717, 1.165) is 42.7 Å². The predicted octanol–water partition coefficient (Wildman–Crippen LogP) is 7.76. The van der Waals surface area contributed by atoms with Crippen LogP contribution >= 0.6 is 11.6 Å². The Bertz CT molecular complexity index is 1450. The lowest BCUT2D eigenvalue weighted by Crippen LogP contribution is -2.20. The fourth-order valence-corrected chi connectivity index (χ4v) is 5.26. The minimum Gasteiger partial charge on any atom is -0.315 e. The number of hydrogen-bond donors (Lipinski definition) is 2. The molecular formula is C29H29ClF3N5O. The predicted molar refractivity (Wildman–Crippen MR) is 149 cm³/mol. The number of benzene rings is 2. The molecule has 1 fully saturated rings. The summed E-state index contributed by atoms with van der Waals surface area (Å²) in [5.41, 5.74) is 2.67. The van der Waals surface area contributed by atoms with Gasteiger partial charge in [-0.15, -0.1) is 0 Å². The lowest BCUT2D eigenvalue weighted by atomic mass is 10.1. The average Bonchev–Trinajstić information content (AvgIpc) is 3.56. The fraction of sp³-hybridized carbons (Fsp3) is 0.310. The van der Waals surface area contributed by atoms with Gasteiger partial charge in [0.05, 0.1) is 22.3 Å². The van der Waals surface area contributed by atoms with Gasteiger partial charge in [0.2, 0.25) is 0 Å². The van der Waals surface area contributed by atoms with E-state index >= 15 is 0 Å². The number of urea groups is 1. The van der Waals surface area contributed by atoms with E-state index in [4.69, 9.17) is 11.6 Å². The number of amides is 2. The van der Waals surface area contributed by atoms with Crippen LogP contribution in [0.3, 0.4) is 0 Å². The van der Waals surface area contributed by atoms with Crippen LogP contribution in [0, 0.1) is 0 Å². The zero-order valence-corrected chi connectivity index (χ0v) is 22.0. The lowest BCUT2D eigenvalue weighted by Gasteiger charge is -2.13. The molecule has 39 heavy (non-hydrogen) atoms. The van der Waals surface area contributed by atoms with Crippen LogP contribution < -0.4 is 10.6 Å². The number of pyridine rings is 1. The van der Waals surface area contributed by atoms with Gasteiger partial charge in [-0.25, -0.2) is 4.79 Å². The quantitative estimate of drug-likeness (QED) is 0.218. The lowest BCUT2D eigenvalue weighted by molar-refractivity contribution is -0.137. The molecule has 4 aromatic rings. The monoisotopic (exact) mass is 555 g/mol. The molecule has 6 nitrogen and oxygen atoms in total. The van der Waals surface area contributed by atoms with Crippen molar-refractivity contribution in [2.24, 2.45) is 0 Å². The molecule has 10 heteroatoms. The third-order valence-corrected chi connectivity index (χ3v) is 7.32. The number of alkyl halides is 3. The highest BCUT2D eigenvalue weighted by molar-refractivity contribution is 6.31. The Labute approximate surface area is 229 Å². The molecule has 1 aliphatic heterocycles. The Kier molecular flexibility index (Phi) is 8.09. The van der Waals surface area contributed by atoms with Crippen molar-refractivity contribution in [3.05, 3.63) is 83.3 Å². The second-order valence-corrected chi connectivity index (χ2v) is 10.1. The maximum atomic E-state index is 13.1. The van der Waals surface area contributed by atoms with Gasteiger partial charge < -0.3 is 20.1 Å². The molecule has 1 aliphatic rings. The van der Waals surface area contributed by atoms with Crippen molar-refractivity contribution in [1.29, 1.82) is 0 Å². The number of fused-ring (bicyclic) bond motifs is 1. The van der Waals surface area contributed by atoms with Crippen molar-refractivity contribution in [3.63, 3.8) is 0 Å². The number of aromatic nitrogens is 2. The summed E-state index contributed by atoms with van der Waals surface area (Å²) in [6, 6.07) is 11.9. The van der Waals surface area contributed by atoms with Crippen LogP contribution in [0.1, 0.15) is 36.8 Å². The van der Waals surface area contributed by atoms with Gasteiger partial charge in [-0.3, -0.25) is 4.98 Å². The van der Waals surface area contributed by atoms with E-state index in [9.17, 15) is 18.0 Å². The smallest absolute Gasteiger partial charge is 0.315 e. The summed E-state index contributed by atoms with van der Waals surface area (Å²) in [6.07, 6.45) is 7.09. The first-order valence-electron chi connectivity index (χ1n) is 13.0. The standard InChI is InChI=1S/C29H29ClF3N5O/c30-26-11-8-22(17-25(26)29(31,32)33)36-28(39)35-21-6-9-23(10-7-21)38-19-20(24-12-13-34-18-27(24)38)5-1-2-14-37-15-3-4-16-37/h6-13,17-19H,1-5,14-16H2,(H2,35,36,39). The highest BCUT2D eigenvalue weighted by Crippen LogP contribution is 2.36. The van der Waals surface area contributed by atoms with Crippen molar-refractivity contribution >= 4 is 39.9 Å². The van der Waals surface area contributed by atoms with Crippen molar-refractivity contribution in [3.8, 4) is 5.69 Å². The normalized spacial score (nSPS) is 14.2. The zero-order chi connectivity index (χ0) is 27.4. The first-order valence-corrected chi connectivity index (χ1v) is 13.4. The van der Waals surface area contributed by atoms with Gasteiger partial charge in [-0.05, 0) is 106 Å². The molecule has 0 aliphatic carbocycles. The summed E-state index contributed by atoms with van der Waals surface area (Å²) in [5, 5.41) is 5.82. The maximum Gasteiger partial charge on any atom is 0.417 e. The average molecular weight is 556 g/mol. The van der Waals surface area contributed by atoms with Gasteiger partial charge in [0.1, 0.15) is 0 Å². The van der Waals surface area contributed by atoms with E-state index in [2.05, 4.69) is 31.3 Å². The number of carbonyl (C=O) groups is 1. The molecule has 5 rings (SSSR count). The number of nitrogens with zero attached hydrogens (tertiary/aromatic N) is 3. The van der Waals surface area contributed by atoms with Crippen LogP contribution in [-0.2, 0) is 12.6 Å². The first kappa shape index (κ1) is 27.0. The molecule has 1 saturated heterocycles. The summed E-state index contributed by atoms with van der Waals surface area (Å²) in [4.78, 5) is 19.3. The molecule has 0 atom stereocenters. The maximum absolute atomic E-state index is 13.1. The highest BCUT2D eigenvalue weighted by atomic mass is 35.5. The number of halogens is 4. The van der Waals surface area contributed by atoms with Gasteiger partial charge >= 0.3 is 12.2 Å². The molecule has 0 radical (unpaired) electrons. The molecule has 0 unspecified atom stereocenters. The topological polar surface area (TPSA) is 62.2 Å². The van der Waals surface area contributed by atoms with Crippen LogP contribution in [0.4, 0.5) is 29.3 Å². The van der Waals surface area contributed by atoms with E-state index in [1.165, 1.54) is 49.4 Å². The van der Waals surface area contributed by atoms with Crippen molar-refractivity contribution in [2.75, 3.05) is 30.3 Å². The minimum absolute atomic E-state index is 0.0138. The summed E-state index contributed by atoms with van der Waals surface area (Å²) in [6.45, 7) is 3.60. The van der Waals surface area contributed by atoms with E-state index in [1.807, 2.05) is 30.6 Å². The number of carbonyl (C=O) groups excluding carboxylic acids is 1. The highest BCUT2D eigenvalue weighted by Gasteiger charge is 2.33. The molecule has 204 valence electrons.